The zero-order valence-electron chi connectivity index (χ0n) is 9.56. The SMILES string of the molecule is c1cc(-c2cnccn2)cc(-c2cnccn2)c1. The lowest BCUT2D eigenvalue weighted by Gasteiger charge is -2.03. The Morgan fingerprint density at radius 1 is 0.667 bits per heavy atom. The standard InChI is InChI=1S/C14H10N4/c1-2-11(13-9-15-4-6-17-13)8-12(3-1)14-10-16-5-7-18-14/h1-10H. The van der Waals surface area contributed by atoms with Gasteiger partial charge in [-0.1, -0.05) is 18.2 Å². The topological polar surface area (TPSA) is 51.6 Å². The van der Waals surface area contributed by atoms with Crippen molar-refractivity contribution in [3.05, 3.63) is 61.4 Å². The van der Waals surface area contributed by atoms with Crippen molar-refractivity contribution in [2.24, 2.45) is 0 Å². The number of hydrogen-bond acceptors (Lipinski definition) is 4. The van der Waals surface area contributed by atoms with Crippen molar-refractivity contribution in [1.29, 1.82) is 0 Å². The van der Waals surface area contributed by atoms with E-state index in [1.807, 2.05) is 24.3 Å². The molecule has 86 valence electrons. The largest absolute Gasteiger partial charge is 0.261 e. The predicted molar refractivity (Wildman–Crippen MR) is 68.5 cm³/mol. The summed E-state index contributed by atoms with van der Waals surface area (Å²) in [6.45, 7) is 0. The van der Waals surface area contributed by atoms with Crippen LogP contribution in [-0.2, 0) is 0 Å². The molecule has 0 saturated carbocycles. The smallest absolute Gasteiger partial charge is 0.0885 e. The number of nitrogens with zero attached hydrogens (tertiary/aromatic N) is 4. The van der Waals surface area contributed by atoms with E-state index in [-0.39, 0.29) is 0 Å². The average Bonchev–Trinajstić information content (AvgIpc) is 2.49. The van der Waals surface area contributed by atoms with Crippen LogP contribution in [0.25, 0.3) is 22.5 Å². The molecule has 1 aromatic carbocycles. The van der Waals surface area contributed by atoms with Crippen LogP contribution >= 0.6 is 0 Å². The molecule has 0 N–H and O–H groups in total. The Morgan fingerprint density at radius 2 is 1.22 bits per heavy atom. The third-order valence-corrected chi connectivity index (χ3v) is 2.58. The molecule has 0 aliphatic rings. The van der Waals surface area contributed by atoms with Crippen LogP contribution < -0.4 is 0 Å². The summed E-state index contributed by atoms with van der Waals surface area (Å²) in [6, 6.07) is 8.02. The Hall–Kier alpha value is -2.62. The van der Waals surface area contributed by atoms with E-state index in [2.05, 4.69) is 19.9 Å². The van der Waals surface area contributed by atoms with E-state index in [9.17, 15) is 0 Å². The van der Waals surface area contributed by atoms with Crippen LogP contribution in [0.2, 0.25) is 0 Å². The molecule has 0 atom stereocenters. The Bertz CT molecular complexity index is 583. The van der Waals surface area contributed by atoms with Crippen LogP contribution in [0.5, 0.6) is 0 Å². The summed E-state index contributed by atoms with van der Waals surface area (Å²) in [5, 5.41) is 0. The minimum Gasteiger partial charge on any atom is -0.261 e. The van der Waals surface area contributed by atoms with Gasteiger partial charge in [-0.2, -0.15) is 0 Å². The number of rotatable bonds is 2. The van der Waals surface area contributed by atoms with Crippen LogP contribution in [0.3, 0.4) is 0 Å². The molecule has 0 aliphatic heterocycles. The Balaban J connectivity index is 2.05. The van der Waals surface area contributed by atoms with E-state index >= 15 is 0 Å². The maximum atomic E-state index is 4.29. The van der Waals surface area contributed by atoms with E-state index in [4.69, 9.17) is 0 Å². The first-order valence-corrected chi connectivity index (χ1v) is 5.56. The lowest BCUT2D eigenvalue weighted by atomic mass is 10.1. The molecule has 3 aromatic rings. The molecule has 0 amide bonds. The van der Waals surface area contributed by atoms with Crippen molar-refractivity contribution in [2.45, 2.75) is 0 Å². The molecule has 0 radical (unpaired) electrons. The lowest BCUT2D eigenvalue weighted by molar-refractivity contribution is 1.20. The van der Waals surface area contributed by atoms with Crippen LogP contribution in [0, 0.1) is 0 Å². The summed E-state index contributed by atoms with van der Waals surface area (Å²) in [4.78, 5) is 16.7. The minimum absolute atomic E-state index is 0.850. The van der Waals surface area contributed by atoms with Crippen LogP contribution in [0.1, 0.15) is 0 Å². The minimum atomic E-state index is 0.850. The van der Waals surface area contributed by atoms with Gasteiger partial charge in [0, 0.05) is 35.9 Å². The van der Waals surface area contributed by atoms with Crippen molar-refractivity contribution >= 4 is 0 Å². The van der Waals surface area contributed by atoms with Gasteiger partial charge in [0.15, 0.2) is 0 Å². The second-order valence-electron chi connectivity index (χ2n) is 3.76. The summed E-state index contributed by atoms with van der Waals surface area (Å²) in [6.07, 6.45) is 10.2. The highest BCUT2D eigenvalue weighted by atomic mass is 14.8. The van der Waals surface area contributed by atoms with Gasteiger partial charge in [-0.15, -0.1) is 0 Å². The molecule has 0 spiro atoms. The molecule has 4 nitrogen and oxygen atoms in total. The fourth-order valence-corrected chi connectivity index (χ4v) is 1.73. The lowest BCUT2D eigenvalue weighted by Crippen LogP contribution is -1.87. The molecule has 18 heavy (non-hydrogen) atoms. The number of hydrogen-bond donors (Lipinski definition) is 0. The summed E-state index contributed by atoms with van der Waals surface area (Å²) in [5.41, 5.74) is 3.74. The van der Waals surface area contributed by atoms with E-state index in [1.165, 1.54) is 0 Å². The predicted octanol–water partition coefficient (Wildman–Crippen LogP) is 2.60. The summed E-state index contributed by atoms with van der Waals surface area (Å²) >= 11 is 0. The third-order valence-electron chi connectivity index (χ3n) is 2.58. The first-order valence-electron chi connectivity index (χ1n) is 5.56. The molecule has 0 saturated heterocycles. The van der Waals surface area contributed by atoms with E-state index < -0.39 is 0 Å². The zero-order valence-corrected chi connectivity index (χ0v) is 9.56. The summed E-state index contributed by atoms with van der Waals surface area (Å²) in [5.74, 6) is 0. The number of aromatic nitrogens is 4. The first kappa shape index (κ1) is 10.5. The van der Waals surface area contributed by atoms with Gasteiger partial charge in [-0.05, 0) is 6.07 Å². The van der Waals surface area contributed by atoms with Crippen molar-refractivity contribution in [3.63, 3.8) is 0 Å². The van der Waals surface area contributed by atoms with Gasteiger partial charge in [-0.3, -0.25) is 19.9 Å². The Labute approximate surface area is 104 Å². The highest BCUT2D eigenvalue weighted by Gasteiger charge is 2.03. The third kappa shape index (κ3) is 2.08. The van der Waals surface area contributed by atoms with Crippen molar-refractivity contribution < 1.29 is 0 Å². The highest BCUT2D eigenvalue weighted by Crippen LogP contribution is 2.22. The average molecular weight is 234 g/mol. The summed E-state index contributed by atoms with van der Waals surface area (Å²) < 4.78 is 0. The second kappa shape index (κ2) is 4.71. The van der Waals surface area contributed by atoms with E-state index in [1.54, 1.807) is 37.2 Å². The molecule has 0 aliphatic carbocycles. The highest BCUT2D eigenvalue weighted by molar-refractivity contribution is 5.68. The molecule has 2 heterocycles. The molecule has 0 fully saturated rings. The number of benzene rings is 1. The van der Waals surface area contributed by atoms with Gasteiger partial charge in [0.2, 0.25) is 0 Å². The van der Waals surface area contributed by atoms with E-state index in [0.717, 1.165) is 22.5 Å². The fourth-order valence-electron chi connectivity index (χ4n) is 1.73. The zero-order chi connectivity index (χ0) is 12.2. The van der Waals surface area contributed by atoms with Crippen LogP contribution in [-0.4, -0.2) is 19.9 Å². The normalized spacial score (nSPS) is 10.2. The maximum Gasteiger partial charge on any atom is 0.0885 e. The monoisotopic (exact) mass is 234 g/mol. The van der Waals surface area contributed by atoms with Gasteiger partial charge in [0.05, 0.1) is 23.8 Å². The molecular formula is C14H10N4. The van der Waals surface area contributed by atoms with E-state index in [0.29, 0.717) is 0 Å². The van der Waals surface area contributed by atoms with Gasteiger partial charge < -0.3 is 0 Å². The molecule has 4 heteroatoms. The molecular weight excluding hydrogens is 224 g/mol. The molecule has 0 unspecified atom stereocenters. The Morgan fingerprint density at radius 3 is 1.67 bits per heavy atom. The van der Waals surface area contributed by atoms with Crippen molar-refractivity contribution in [1.82, 2.24) is 19.9 Å². The Kier molecular flexibility index (Phi) is 2.75. The van der Waals surface area contributed by atoms with Crippen LogP contribution in [0.4, 0.5) is 0 Å². The van der Waals surface area contributed by atoms with Gasteiger partial charge >= 0.3 is 0 Å². The maximum absolute atomic E-state index is 4.29. The molecule has 3 rings (SSSR count). The fraction of sp³-hybridized carbons (Fsp3) is 0. The van der Waals surface area contributed by atoms with Gasteiger partial charge in [-0.25, -0.2) is 0 Å². The summed E-state index contributed by atoms with van der Waals surface area (Å²) in [7, 11) is 0. The second-order valence-corrected chi connectivity index (χ2v) is 3.76. The quantitative estimate of drug-likeness (QED) is 0.684. The van der Waals surface area contributed by atoms with Crippen molar-refractivity contribution in [3.8, 4) is 22.5 Å². The van der Waals surface area contributed by atoms with Gasteiger partial charge in [0.25, 0.3) is 0 Å². The van der Waals surface area contributed by atoms with Crippen LogP contribution in [0.15, 0.2) is 61.4 Å². The first-order chi connectivity index (χ1) is 8.93. The van der Waals surface area contributed by atoms with Gasteiger partial charge in [0.1, 0.15) is 0 Å². The van der Waals surface area contributed by atoms with Crippen molar-refractivity contribution in [2.75, 3.05) is 0 Å². The molecule has 0 bridgehead atoms. The molecule has 2 aromatic heterocycles.